The Morgan fingerprint density at radius 2 is 1.72 bits per heavy atom. The molecule has 0 aliphatic heterocycles. The van der Waals surface area contributed by atoms with E-state index in [0.29, 0.717) is 13.0 Å². The van der Waals surface area contributed by atoms with Crippen LogP contribution in [0.1, 0.15) is 12.0 Å². The third kappa shape index (κ3) is 4.28. The van der Waals surface area contributed by atoms with Crippen LogP contribution in [0.4, 0.5) is 0 Å². The van der Waals surface area contributed by atoms with E-state index in [4.69, 9.17) is 0 Å². The van der Waals surface area contributed by atoms with Gasteiger partial charge in [0.2, 0.25) is 5.91 Å². The molecule has 1 heterocycles. The lowest BCUT2D eigenvalue weighted by Gasteiger charge is -2.06. The maximum Gasteiger partial charge on any atom is 0.221 e. The molecular formula is C19H20N2O3S. The molecule has 0 aliphatic rings. The lowest BCUT2D eigenvalue weighted by molar-refractivity contribution is -0.120. The van der Waals surface area contributed by atoms with Gasteiger partial charge in [0.1, 0.15) is 0 Å². The Morgan fingerprint density at radius 3 is 2.52 bits per heavy atom. The Kier molecular flexibility index (Phi) is 5.19. The SMILES string of the molecule is O=C(CCS(=O)(=O)c1ccccc1)NCCc1c[nH]c2ccccc12. The van der Waals surface area contributed by atoms with E-state index in [1.54, 1.807) is 30.3 Å². The first-order chi connectivity index (χ1) is 12.1. The zero-order valence-corrected chi connectivity index (χ0v) is 14.6. The van der Waals surface area contributed by atoms with Crippen molar-refractivity contribution in [2.24, 2.45) is 0 Å². The van der Waals surface area contributed by atoms with Crippen molar-refractivity contribution in [1.82, 2.24) is 10.3 Å². The van der Waals surface area contributed by atoms with Crippen LogP contribution in [-0.4, -0.2) is 31.6 Å². The van der Waals surface area contributed by atoms with E-state index in [1.165, 1.54) is 0 Å². The second-order valence-corrected chi connectivity index (χ2v) is 7.95. The summed E-state index contributed by atoms with van der Waals surface area (Å²) in [5.41, 5.74) is 2.20. The van der Waals surface area contributed by atoms with Crippen molar-refractivity contribution < 1.29 is 13.2 Å². The highest BCUT2D eigenvalue weighted by atomic mass is 32.2. The molecule has 0 radical (unpaired) electrons. The summed E-state index contributed by atoms with van der Waals surface area (Å²) in [5.74, 6) is -0.435. The van der Waals surface area contributed by atoms with Gasteiger partial charge in [-0.25, -0.2) is 8.42 Å². The largest absolute Gasteiger partial charge is 0.361 e. The zero-order chi connectivity index (χ0) is 17.7. The normalized spacial score (nSPS) is 11.5. The minimum Gasteiger partial charge on any atom is -0.361 e. The lowest BCUT2D eigenvalue weighted by Crippen LogP contribution is -2.27. The summed E-state index contributed by atoms with van der Waals surface area (Å²) in [6, 6.07) is 16.2. The summed E-state index contributed by atoms with van der Waals surface area (Å²) < 4.78 is 24.3. The standard InChI is InChI=1S/C19H20N2O3S/c22-19(11-13-25(23,24)16-6-2-1-3-7-16)20-12-10-15-14-21-18-9-5-4-8-17(15)18/h1-9,14,21H,10-13H2,(H,20,22). The number of aromatic amines is 1. The van der Waals surface area contributed by atoms with Crippen molar-refractivity contribution in [3.8, 4) is 0 Å². The number of aromatic nitrogens is 1. The molecule has 6 heteroatoms. The topological polar surface area (TPSA) is 79.0 Å². The molecular weight excluding hydrogens is 336 g/mol. The van der Waals surface area contributed by atoms with Crippen LogP contribution < -0.4 is 5.32 Å². The fourth-order valence-electron chi connectivity index (χ4n) is 2.74. The number of nitrogens with one attached hydrogen (secondary N) is 2. The highest BCUT2D eigenvalue weighted by Crippen LogP contribution is 2.17. The molecule has 1 aromatic heterocycles. The van der Waals surface area contributed by atoms with Gasteiger partial charge in [0, 0.05) is 30.1 Å². The Hall–Kier alpha value is -2.60. The van der Waals surface area contributed by atoms with Crippen molar-refractivity contribution in [3.05, 3.63) is 66.4 Å². The molecule has 0 unspecified atom stereocenters. The second-order valence-electron chi connectivity index (χ2n) is 5.84. The minimum absolute atomic E-state index is 0.0366. The number of fused-ring (bicyclic) bond motifs is 1. The second kappa shape index (κ2) is 7.53. The van der Waals surface area contributed by atoms with Gasteiger partial charge in [-0.1, -0.05) is 36.4 Å². The molecule has 0 atom stereocenters. The highest BCUT2D eigenvalue weighted by Gasteiger charge is 2.15. The predicted molar refractivity (Wildman–Crippen MR) is 98.1 cm³/mol. The molecule has 2 N–H and O–H groups in total. The molecule has 1 amide bonds. The molecule has 0 aliphatic carbocycles. The molecule has 0 spiro atoms. The van der Waals surface area contributed by atoms with E-state index in [2.05, 4.69) is 10.3 Å². The molecule has 0 bridgehead atoms. The predicted octanol–water partition coefficient (Wildman–Crippen LogP) is 2.69. The summed E-state index contributed by atoms with van der Waals surface area (Å²) in [6.45, 7) is 0.478. The Labute approximate surface area is 147 Å². The van der Waals surface area contributed by atoms with Crippen LogP contribution in [0, 0.1) is 0 Å². The van der Waals surface area contributed by atoms with E-state index in [0.717, 1.165) is 16.5 Å². The zero-order valence-electron chi connectivity index (χ0n) is 13.7. The van der Waals surface area contributed by atoms with E-state index >= 15 is 0 Å². The third-order valence-corrected chi connectivity index (χ3v) is 5.82. The molecule has 3 rings (SSSR count). The summed E-state index contributed by atoms with van der Waals surface area (Å²) in [4.78, 5) is 15.4. The molecule has 2 aromatic carbocycles. The van der Waals surface area contributed by atoms with Gasteiger partial charge in [-0.2, -0.15) is 0 Å². The number of rotatable bonds is 7. The fraction of sp³-hybridized carbons (Fsp3) is 0.211. The molecule has 0 fully saturated rings. The summed E-state index contributed by atoms with van der Waals surface area (Å²) >= 11 is 0. The first kappa shape index (κ1) is 17.2. The van der Waals surface area contributed by atoms with Crippen LogP contribution in [0.3, 0.4) is 0 Å². The molecule has 5 nitrogen and oxygen atoms in total. The molecule has 0 saturated heterocycles. The van der Waals surface area contributed by atoms with E-state index < -0.39 is 9.84 Å². The number of carbonyl (C=O) groups is 1. The number of amides is 1. The summed E-state index contributed by atoms with van der Waals surface area (Å²) in [7, 11) is -3.42. The van der Waals surface area contributed by atoms with Gasteiger partial charge in [0.15, 0.2) is 9.84 Å². The van der Waals surface area contributed by atoms with Crippen molar-refractivity contribution in [3.63, 3.8) is 0 Å². The summed E-state index contributed by atoms with van der Waals surface area (Å²) in [6.07, 6.45) is 2.60. The van der Waals surface area contributed by atoms with E-state index in [9.17, 15) is 13.2 Å². The monoisotopic (exact) mass is 356 g/mol. The van der Waals surface area contributed by atoms with Crippen LogP contribution >= 0.6 is 0 Å². The van der Waals surface area contributed by atoms with Crippen LogP contribution in [0.2, 0.25) is 0 Å². The summed E-state index contributed by atoms with van der Waals surface area (Å²) in [5, 5.41) is 3.93. The van der Waals surface area contributed by atoms with Gasteiger partial charge >= 0.3 is 0 Å². The highest BCUT2D eigenvalue weighted by molar-refractivity contribution is 7.91. The number of benzene rings is 2. The Bertz CT molecular complexity index is 963. The van der Waals surface area contributed by atoms with Gasteiger partial charge in [-0.05, 0) is 30.2 Å². The average Bonchev–Trinajstić information content (AvgIpc) is 3.04. The number of para-hydroxylation sites is 1. The molecule has 0 saturated carbocycles. The van der Waals surface area contributed by atoms with Crippen LogP contribution in [0.25, 0.3) is 10.9 Å². The van der Waals surface area contributed by atoms with Gasteiger partial charge < -0.3 is 10.3 Å². The van der Waals surface area contributed by atoms with Crippen molar-refractivity contribution in [2.75, 3.05) is 12.3 Å². The number of carbonyl (C=O) groups excluding carboxylic acids is 1. The Morgan fingerprint density at radius 1 is 1.00 bits per heavy atom. The van der Waals surface area contributed by atoms with Gasteiger partial charge in [-0.15, -0.1) is 0 Å². The number of hydrogen-bond acceptors (Lipinski definition) is 3. The molecule has 3 aromatic rings. The van der Waals surface area contributed by atoms with E-state index in [-0.39, 0.29) is 23.0 Å². The van der Waals surface area contributed by atoms with Crippen molar-refractivity contribution >= 4 is 26.6 Å². The Balaban J connectivity index is 1.49. The number of H-pyrrole nitrogens is 1. The van der Waals surface area contributed by atoms with Gasteiger partial charge in [0.05, 0.1) is 10.6 Å². The smallest absolute Gasteiger partial charge is 0.221 e. The third-order valence-electron chi connectivity index (χ3n) is 4.09. The van der Waals surface area contributed by atoms with Crippen LogP contribution in [0.5, 0.6) is 0 Å². The first-order valence-corrected chi connectivity index (χ1v) is 9.81. The molecule has 130 valence electrons. The fourth-order valence-corrected chi connectivity index (χ4v) is 4.00. The quantitative estimate of drug-likeness (QED) is 0.683. The molecule has 25 heavy (non-hydrogen) atoms. The number of hydrogen-bond donors (Lipinski definition) is 2. The van der Waals surface area contributed by atoms with Crippen LogP contribution in [0.15, 0.2) is 65.7 Å². The van der Waals surface area contributed by atoms with Gasteiger partial charge in [-0.3, -0.25) is 4.79 Å². The lowest BCUT2D eigenvalue weighted by atomic mass is 10.1. The van der Waals surface area contributed by atoms with Crippen molar-refractivity contribution in [1.29, 1.82) is 0 Å². The van der Waals surface area contributed by atoms with Crippen molar-refractivity contribution in [2.45, 2.75) is 17.7 Å². The number of sulfone groups is 1. The maximum atomic E-state index is 12.2. The minimum atomic E-state index is -3.42. The maximum absolute atomic E-state index is 12.2. The van der Waals surface area contributed by atoms with Gasteiger partial charge in [0.25, 0.3) is 0 Å². The van der Waals surface area contributed by atoms with E-state index in [1.807, 2.05) is 30.5 Å². The first-order valence-electron chi connectivity index (χ1n) is 8.16. The van der Waals surface area contributed by atoms with Crippen LogP contribution in [-0.2, 0) is 21.1 Å². The average molecular weight is 356 g/mol.